The predicted molar refractivity (Wildman–Crippen MR) is 41.6 cm³/mol. The first kappa shape index (κ1) is 10.2. The van der Waals surface area contributed by atoms with Gasteiger partial charge in [0, 0.05) is 0 Å². The van der Waals surface area contributed by atoms with E-state index in [1.807, 2.05) is 6.92 Å². The SMILES string of the molecule is C[C@H]1CC[C@@H](COP(=O)(O)O)O1. The maximum absolute atomic E-state index is 10.3. The molecule has 1 rings (SSSR count). The van der Waals surface area contributed by atoms with E-state index in [1.165, 1.54) is 0 Å². The number of phosphoric ester groups is 1. The minimum Gasteiger partial charge on any atom is -0.373 e. The van der Waals surface area contributed by atoms with Crippen molar-refractivity contribution in [3.05, 3.63) is 0 Å². The van der Waals surface area contributed by atoms with Crippen LogP contribution in [0.15, 0.2) is 0 Å². The van der Waals surface area contributed by atoms with Gasteiger partial charge >= 0.3 is 7.82 Å². The van der Waals surface area contributed by atoms with E-state index >= 15 is 0 Å². The highest BCUT2D eigenvalue weighted by Crippen LogP contribution is 2.36. The summed E-state index contributed by atoms with van der Waals surface area (Å²) in [5, 5.41) is 0. The van der Waals surface area contributed by atoms with Gasteiger partial charge in [-0.3, -0.25) is 4.52 Å². The fraction of sp³-hybridized carbons (Fsp3) is 1.00. The van der Waals surface area contributed by atoms with Crippen molar-refractivity contribution in [1.29, 1.82) is 0 Å². The second kappa shape index (κ2) is 3.85. The Morgan fingerprint density at radius 3 is 2.67 bits per heavy atom. The molecule has 0 aromatic heterocycles. The normalized spacial score (nSPS) is 30.9. The minimum atomic E-state index is -4.32. The lowest BCUT2D eigenvalue weighted by Gasteiger charge is -2.11. The fourth-order valence-corrected chi connectivity index (χ4v) is 1.55. The smallest absolute Gasteiger partial charge is 0.373 e. The van der Waals surface area contributed by atoms with Crippen molar-refractivity contribution >= 4 is 7.82 Å². The number of hydrogen-bond donors (Lipinski definition) is 2. The zero-order chi connectivity index (χ0) is 9.19. The molecule has 6 heteroatoms. The van der Waals surface area contributed by atoms with Gasteiger partial charge in [0.2, 0.25) is 0 Å². The zero-order valence-corrected chi connectivity index (χ0v) is 7.74. The molecule has 0 saturated carbocycles. The molecule has 5 nitrogen and oxygen atoms in total. The highest BCUT2D eigenvalue weighted by Gasteiger charge is 2.25. The van der Waals surface area contributed by atoms with Gasteiger partial charge in [-0.15, -0.1) is 0 Å². The zero-order valence-electron chi connectivity index (χ0n) is 6.84. The molecule has 1 aliphatic rings. The number of rotatable bonds is 3. The van der Waals surface area contributed by atoms with E-state index < -0.39 is 7.82 Å². The Morgan fingerprint density at radius 2 is 2.25 bits per heavy atom. The first-order chi connectivity index (χ1) is 5.47. The largest absolute Gasteiger partial charge is 0.469 e. The molecule has 1 heterocycles. The average molecular weight is 196 g/mol. The third-order valence-electron chi connectivity index (χ3n) is 1.75. The molecule has 1 fully saturated rings. The first-order valence-electron chi connectivity index (χ1n) is 3.83. The van der Waals surface area contributed by atoms with Crippen LogP contribution < -0.4 is 0 Å². The van der Waals surface area contributed by atoms with Crippen molar-refractivity contribution in [2.24, 2.45) is 0 Å². The molecule has 0 amide bonds. The van der Waals surface area contributed by atoms with Crippen LogP contribution in [0.3, 0.4) is 0 Å². The van der Waals surface area contributed by atoms with Crippen LogP contribution in [0.5, 0.6) is 0 Å². The van der Waals surface area contributed by atoms with Gasteiger partial charge in [-0.25, -0.2) is 4.57 Å². The molecule has 0 bridgehead atoms. The summed E-state index contributed by atoms with van der Waals surface area (Å²) < 4.78 is 19.9. The van der Waals surface area contributed by atoms with Gasteiger partial charge in [-0.05, 0) is 19.8 Å². The quantitative estimate of drug-likeness (QED) is 0.648. The molecule has 0 unspecified atom stereocenters. The molecule has 1 aliphatic heterocycles. The van der Waals surface area contributed by atoms with Crippen molar-refractivity contribution in [1.82, 2.24) is 0 Å². The Labute approximate surface area is 70.9 Å². The maximum atomic E-state index is 10.3. The van der Waals surface area contributed by atoms with Crippen LogP contribution in [-0.4, -0.2) is 28.6 Å². The van der Waals surface area contributed by atoms with Crippen LogP contribution in [0.2, 0.25) is 0 Å². The summed E-state index contributed by atoms with van der Waals surface area (Å²) in [4.78, 5) is 16.8. The Hall–Kier alpha value is 0.0700. The standard InChI is InChI=1S/C6H13O5P/c1-5-2-3-6(11-5)4-10-12(7,8)9/h5-6H,2-4H2,1H3,(H2,7,8,9)/t5-,6-/m0/s1. The number of ether oxygens (including phenoxy) is 1. The van der Waals surface area contributed by atoms with Gasteiger partial charge < -0.3 is 14.5 Å². The topological polar surface area (TPSA) is 76.0 Å². The highest BCUT2D eigenvalue weighted by molar-refractivity contribution is 7.46. The third kappa shape index (κ3) is 3.65. The van der Waals surface area contributed by atoms with Crippen LogP contribution in [0.4, 0.5) is 0 Å². The van der Waals surface area contributed by atoms with Crippen molar-refractivity contribution in [2.75, 3.05) is 6.61 Å². The molecular weight excluding hydrogens is 183 g/mol. The Morgan fingerprint density at radius 1 is 1.58 bits per heavy atom. The van der Waals surface area contributed by atoms with Gasteiger partial charge in [-0.2, -0.15) is 0 Å². The predicted octanol–water partition coefficient (Wildman–Crippen LogP) is 0.663. The van der Waals surface area contributed by atoms with Crippen molar-refractivity contribution in [2.45, 2.75) is 32.0 Å². The number of phosphoric acid groups is 1. The summed E-state index contributed by atoms with van der Waals surface area (Å²) >= 11 is 0. The summed E-state index contributed by atoms with van der Waals surface area (Å²) in [6.07, 6.45) is 1.75. The first-order valence-corrected chi connectivity index (χ1v) is 5.36. The van der Waals surface area contributed by atoms with Crippen LogP contribution in [0.1, 0.15) is 19.8 Å². The summed E-state index contributed by atoms with van der Waals surface area (Å²) in [7, 11) is -4.32. The summed E-state index contributed by atoms with van der Waals surface area (Å²) in [6, 6.07) is 0. The Kier molecular flexibility index (Phi) is 3.26. The lowest BCUT2D eigenvalue weighted by molar-refractivity contribution is 0.0185. The molecule has 72 valence electrons. The van der Waals surface area contributed by atoms with Crippen molar-refractivity contribution < 1.29 is 23.6 Å². The molecule has 0 spiro atoms. The monoisotopic (exact) mass is 196 g/mol. The van der Waals surface area contributed by atoms with Crippen LogP contribution >= 0.6 is 7.82 Å². The van der Waals surface area contributed by atoms with E-state index in [4.69, 9.17) is 14.5 Å². The van der Waals surface area contributed by atoms with E-state index in [9.17, 15) is 4.57 Å². The number of hydrogen-bond acceptors (Lipinski definition) is 3. The van der Waals surface area contributed by atoms with Crippen LogP contribution in [0.25, 0.3) is 0 Å². The highest BCUT2D eigenvalue weighted by atomic mass is 31.2. The lowest BCUT2D eigenvalue weighted by Crippen LogP contribution is -2.14. The van der Waals surface area contributed by atoms with Gasteiger partial charge in [0.1, 0.15) is 0 Å². The maximum Gasteiger partial charge on any atom is 0.469 e. The van der Waals surface area contributed by atoms with Crippen LogP contribution in [0, 0.1) is 0 Å². The molecular formula is C6H13O5P. The van der Waals surface area contributed by atoms with Crippen molar-refractivity contribution in [3.63, 3.8) is 0 Å². The molecule has 0 aromatic rings. The molecule has 2 atom stereocenters. The van der Waals surface area contributed by atoms with Crippen LogP contribution in [-0.2, 0) is 13.8 Å². The third-order valence-corrected chi connectivity index (χ3v) is 2.23. The second-order valence-corrected chi connectivity index (χ2v) is 4.17. The Bertz CT molecular complexity index is 188. The molecule has 2 N–H and O–H groups in total. The van der Waals surface area contributed by atoms with E-state index in [0.717, 1.165) is 12.8 Å². The molecule has 12 heavy (non-hydrogen) atoms. The Balaban J connectivity index is 2.21. The van der Waals surface area contributed by atoms with E-state index in [-0.39, 0.29) is 18.8 Å². The molecule has 0 aromatic carbocycles. The molecule has 0 aliphatic carbocycles. The van der Waals surface area contributed by atoms with Gasteiger partial charge in [0.05, 0.1) is 18.8 Å². The lowest BCUT2D eigenvalue weighted by atomic mass is 10.2. The van der Waals surface area contributed by atoms with E-state index in [2.05, 4.69) is 4.52 Å². The fourth-order valence-electron chi connectivity index (χ4n) is 1.19. The molecule has 1 saturated heterocycles. The average Bonchev–Trinajstić information content (AvgIpc) is 2.30. The van der Waals surface area contributed by atoms with E-state index in [1.54, 1.807) is 0 Å². The van der Waals surface area contributed by atoms with E-state index in [0.29, 0.717) is 0 Å². The molecule has 0 radical (unpaired) electrons. The van der Waals surface area contributed by atoms with Gasteiger partial charge in [0.15, 0.2) is 0 Å². The second-order valence-electron chi connectivity index (χ2n) is 2.93. The minimum absolute atomic E-state index is 0.0192. The van der Waals surface area contributed by atoms with Crippen molar-refractivity contribution in [3.8, 4) is 0 Å². The summed E-state index contributed by atoms with van der Waals surface area (Å²) in [5.74, 6) is 0. The summed E-state index contributed by atoms with van der Waals surface area (Å²) in [5.41, 5.74) is 0. The van der Waals surface area contributed by atoms with Gasteiger partial charge in [0.25, 0.3) is 0 Å². The summed E-state index contributed by atoms with van der Waals surface area (Å²) in [6.45, 7) is 1.91. The van der Waals surface area contributed by atoms with Gasteiger partial charge in [-0.1, -0.05) is 0 Å².